The summed E-state index contributed by atoms with van der Waals surface area (Å²) in [5.41, 5.74) is 2.16. The second-order valence-corrected chi connectivity index (χ2v) is 5.41. The molecule has 0 unspecified atom stereocenters. The second-order valence-electron chi connectivity index (χ2n) is 5.41. The Morgan fingerprint density at radius 1 is 1.32 bits per heavy atom. The Balaban J connectivity index is 1.70. The molecule has 0 aromatic carbocycles. The number of hydrogen-bond donors (Lipinski definition) is 1. The highest BCUT2D eigenvalue weighted by molar-refractivity contribution is 5.42. The van der Waals surface area contributed by atoms with Gasteiger partial charge >= 0.3 is 0 Å². The van der Waals surface area contributed by atoms with Crippen molar-refractivity contribution in [2.24, 2.45) is 0 Å². The summed E-state index contributed by atoms with van der Waals surface area (Å²) < 4.78 is 5.85. The third-order valence-corrected chi connectivity index (χ3v) is 3.77. The van der Waals surface area contributed by atoms with E-state index >= 15 is 0 Å². The lowest BCUT2D eigenvalue weighted by atomic mass is 10.2. The molecule has 1 N–H and O–H groups in total. The van der Waals surface area contributed by atoms with E-state index in [1.54, 1.807) is 12.4 Å². The van der Waals surface area contributed by atoms with E-state index in [2.05, 4.69) is 31.2 Å². The number of morpholine rings is 1. The predicted octanol–water partition coefficient (Wildman–Crippen LogP) is 1.80. The molecule has 0 spiro atoms. The van der Waals surface area contributed by atoms with Crippen LogP contribution in [0, 0.1) is 6.92 Å². The molecule has 2 aromatic heterocycles. The van der Waals surface area contributed by atoms with Gasteiger partial charge in [0.15, 0.2) is 5.82 Å². The van der Waals surface area contributed by atoms with Gasteiger partial charge in [0.05, 0.1) is 6.61 Å². The van der Waals surface area contributed by atoms with Crippen molar-refractivity contribution in [2.45, 2.75) is 19.6 Å². The average Bonchev–Trinajstić information content (AvgIpc) is 2.56. The molecule has 1 aliphatic rings. The summed E-state index contributed by atoms with van der Waals surface area (Å²) in [5, 5.41) is 3.14. The van der Waals surface area contributed by atoms with Gasteiger partial charge in [-0.3, -0.25) is 4.90 Å². The molecule has 2 aromatic rings. The molecule has 0 bridgehead atoms. The average molecular weight is 299 g/mol. The Kier molecular flexibility index (Phi) is 4.60. The quantitative estimate of drug-likeness (QED) is 0.929. The number of aryl methyl sites for hydroxylation is 1. The van der Waals surface area contributed by atoms with Gasteiger partial charge in [0.25, 0.3) is 0 Å². The molecule has 3 heterocycles. The van der Waals surface area contributed by atoms with Crippen LogP contribution in [0.4, 0.5) is 5.82 Å². The minimum absolute atomic E-state index is 0.0663. The normalized spacial score (nSPS) is 19.1. The minimum Gasteiger partial charge on any atom is -0.373 e. The molecule has 1 fully saturated rings. The molecule has 116 valence electrons. The summed E-state index contributed by atoms with van der Waals surface area (Å²) in [6, 6.07) is 5.98. The number of rotatable bonds is 4. The predicted molar refractivity (Wildman–Crippen MR) is 84.5 cm³/mol. The van der Waals surface area contributed by atoms with E-state index < -0.39 is 0 Å². The first kappa shape index (κ1) is 14.9. The van der Waals surface area contributed by atoms with E-state index in [4.69, 9.17) is 4.74 Å². The van der Waals surface area contributed by atoms with Crippen LogP contribution >= 0.6 is 0 Å². The van der Waals surface area contributed by atoms with Crippen LogP contribution in [0.1, 0.15) is 23.2 Å². The molecular weight excluding hydrogens is 278 g/mol. The number of hydrogen-bond acceptors (Lipinski definition) is 6. The fourth-order valence-electron chi connectivity index (χ4n) is 2.66. The zero-order valence-electron chi connectivity index (χ0n) is 13.0. The van der Waals surface area contributed by atoms with Crippen molar-refractivity contribution in [2.75, 3.05) is 32.1 Å². The van der Waals surface area contributed by atoms with Gasteiger partial charge < -0.3 is 10.1 Å². The van der Waals surface area contributed by atoms with Gasteiger partial charge in [-0.2, -0.15) is 0 Å². The van der Waals surface area contributed by atoms with Gasteiger partial charge in [0, 0.05) is 50.3 Å². The third-order valence-electron chi connectivity index (χ3n) is 3.77. The van der Waals surface area contributed by atoms with Crippen LogP contribution in [-0.2, 0) is 11.3 Å². The van der Waals surface area contributed by atoms with Crippen molar-refractivity contribution >= 4 is 5.82 Å². The summed E-state index contributed by atoms with van der Waals surface area (Å²) >= 11 is 0. The molecular formula is C16H21N5O. The molecule has 0 amide bonds. The van der Waals surface area contributed by atoms with Crippen molar-refractivity contribution in [1.82, 2.24) is 19.9 Å². The maximum Gasteiger partial charge on any atom is 0.158 e. The molecule has 3 rings (SSSR count). The SMILES string of the molecule is CNc1ncccc1CN1CCO[C@@H](c2nccc(C)n2)C1. The molecule has 0 radical (unpaired) electrons. The molecule has 22 heavy (non-hydrogen) atoms. The summed E-state index contributed by atoms with van der Waals surface area (Å²) in [6.07, 6.45) is 3.53. The lowest BCUT2D eigenvalue weighted by molar-refractivity contribution is -0.0372. The van der Waals surface area contributed by atoms with Crippen LogP contribution in [0.5, 0.6) is 0 Å². The van der Waals surface area contributed by atoms with Gasteiger partial charge in [-0.1, -0.05) is 6.07 Å². The topological polar surface area (TPSA) is 63.2 Å². The first-order valence-corrected chi connectivity index (χ1v) is 7.51. The van der Waals surface area contributed by atoms with Crippen molar-refractivity contribution in [3.05, 3.63) is 47.7 Å². The standard InChI is InChI=1S/C16H21N5O/c1-12-5-7-19-16(20-12)14-11-21(8-9-22-14)10-13-4-3-6-18-15(13)17-2/h3-7,14H,8-11H2,1-2H3,(H,17,18)/t14-/m1/s1. The first-order valence-electron chi connectivity index (χ1n) is 7.51. The van der Waals surface area contributed by atoms with Crippen LogP contribution in [0.3, 0.4) is 0 Å². The molecule has 6 heteroatoms. The zero-order chi connectivity index (χ0) is 15.4. The number of aromatic nitrogens is 3. The fourth-order valence-corrected chi connectivity index (χ4v) is 2.66. The number of nitrogens with zero attached hydrogens (tertiary/aromatic N) is 4. The molecule has 1 saturated heterocycles. The first-order chi connectivity index (χ1) is 10.8. The van der Waals surface area contributed by atoms with Crippen molar-refractivity contribution in [3.8, 4) is 0 Å². The third kappa shape index (κ3) is 3.40. The number of nitrogens with one attached hydrogen (secondary N) is 1. The number of pyridine rings is 1. The smallest absolute Gasteiger partial charge is 0.158 e. The summed E-state index contributed by atoms with van der Waals surface area (Å²) in [5.74, 6) is 1.70. The zero-order valence-corrected chi connectivity index (χ0v) is 13.0. The van der Waals surface area contributed by atoms with Crippen molar-refractivity contribution in [3.63, 3.8) is 0 Å². The van der Waals surface area contributed by atoms with Crippen molar-refractivity contribution < 1.29 is 4.74 Å². The van der Waals surface area contributed by atoms with E-state index in [1.165, 1.54) is 5.56 Å². The maximum absolute atomic E-state index is 5.85. The van der Waals surface area contributed by atoms with E-state index in [9.17, 15) is 0 Å². The molecule has 1 atom stereocenters. The highest BCUT2D eigenvalue weighted by Crippen LogP contribution is 2.22. The highest BCUT2D eigenvalue weighted by atomic mass is 16.5. The summed E-state index contributed by atoms with van der Waals surface area (Å²) in [6.45, 7) is 5.20. The second kappa shape index (κ2) is 6.81. The number of ether oxygens (including phenoxy) is 1. The van der Waals surface area contributed by atoms with Crippen LogP contribution in [0.15, 0.2) is 30.6 Å². The summed E-state index contributed by atoms with van der Waals surface area (Å²) in [7, 11) is 1.90. The molecule has 1 aliphatic heterocycles. The molecule has 0 aliphatic carbocycles. The monoisotopic (exact) mass is 299 g/mol. The van der Waals surface area contributed by atoms with Gasteiger partial charge in [0.1, 0.15) is 11.9 Å². The molecule has 6 nitrogen and oxygen atoms in total. The van der Waals surface area contributed by atoms with Crippen LogP contribution in [0.2, 0.25) is 0 Å². The lowest BCUT2D eigenvalue weighted by Crippen LogP contribution is -2.38. The van der Waals surface area contributed by atoms with Gasteiger partial charge in [-0.15, -0.1) is 0 Å². The van der Waals surface area contributed by atoms with Crippen molar-refractivity contribution in [1.29, 1.82) is 0 Å². The van der Waals surface area contributed by atoms with Crippen LogP contribution < -0.4 is 5.32 Å². The number of anilines is 1. The highest BCUT2D eigenvalue weighted by Gasteiger charge is 2.24. The largest absolute Gasteiger partial charge is 0.373 e. The Hall–Kier alpha value is -2.05. The van der Waals surface area contributed by atoms with Gasteiger partial charge in [-0.05, 0) is 19.1 Å². The van der Waals surface area contributed by atoms with E-state index in [0.29, 0.717) is 6.61 Å². The van der Waals surface area contributed by atoms with Crippen LogP contribution in [-0.4, -0.2) is 46.6 Å². The lowest BCUT2D eigenvalue weighted by Gasteiger charge is -2.32. The summed E-state index contributed by atoms with van der Waals surface area (Å²) in [4.78, 5) is 15.6. The van der Waals surface area contributed by atoms with E-state index in [1.807, 2.05) is 26.1 Å². The van der Waals surface area contributed by atoms with Gasteiger partial charge in [0.2, 0.25) is 0 Å². The fraction of sp³-hybridized carbons (Fsp3) is 0.438. The Labute approximate surface area is 130 Å². The molecule has 0 saturated carbocycles. The van der Waals surface area contributed by atoms with E-state index in [-0.39, 0.29) is 6.10 Å². The minimum atomic E-state index is -0.0663. The van der Waals surface area contributed by atoms with Crippen LogP contribution in [0.25, 0.3) is 0 Å². The Bertz CT molecular complexity index is 633. The Morgan fingerprint density at radius 2 is 2.23 bits per heavy atom. The van der Waals surface area contributed by atoms with E-state index in [0.717, 1.165) is 37.0 Å². The van der Waals surface area contributed by atoms with Gasteiger partial charge in [-0.25, -0.2) is 15.0 Å². The maximum atomic E-state index is 5.85. The Morgan fingerprint density at radius 3 is 3.05 bits per heavy atom.